The molecule has 0 saturated heterocycles. The standard InChI is InChI=1S/C14H16N2O/c1-11-7-8-14(13(9-15)16-11)17-10-12-5-3-2-4-6-12/h2-8H,9-10,15H2,1H3. The highest BCUT2D eigenvalue weighted by Gasteiger charge is 2.04. The van der Waals surface area contributed by atoms with Gasteiger partial charge in [0.25, 0.3) is 0 Å². The zero-order chi connectivity index (χ0) is 12.1. The van der Waals surface area contributed by atoms with Crippen molar-refractivity contribution in [3.8, 4) is 5.75 Å². The van der Waals surface area contributed by atoms with Crippen molar-refractivity contribution in [2.75, 3.05) is 0 Å². The summed E-state index contributed by atoms with van der Waals surface area (Å²) in [6.45, 7) is 2.88. The number of benzene rings is 1. The Bertz CT molecular complexity index is 483. The van der Waals surface area contributed by atoms with E-state index in [1.165, 1.54) is 0 Å². The summed E-state index contributed by atoms with van der Waals surface area (Å²) in [6, 6.07) is 13.9. The molecule has 0 aliphatic rings. The smallest absolute Gasteiger partial charge is 0.142 e. The van der Waals surface area contributed by atoms with Crippen LogP contribution in [-0.4, -0.2) is 4.98 Å². The maximum atomic E-state index is 5.73. The van der Waals surface area contributed by atoms with Gasteiger partial charge in [-0.15, -0.1) is 0 Å². The molecule has 3 heteroatoms. The van der Waals surface area contributed by atoms with Gasteiger partial charge >= 0.3 is 0 Å². The molecule has 17 heavy (non-hydrogen) atoms. The minimum absolute atomic E-state index is 0.395. The lowest BCUT2D eigenvalue weighted by Crippen LogP contribution is -2.05. The molecule has 3 nitrogen and oxygen atoms in total. The van der Waals surface area contributed by atoms with E-state index in [2.05, 4.69) is 4.98 Å². The van der Waals surface area contributed by atoms with Crippen LogP contribution >= 0.6 is 0 Å². The van der Waals surface area contributed by atoms with Gasteiger partial charge < -0.3 is 10.5 Å². The van der Waals surface area contributed by atoms with Crippen molar-refractivity contribution < 1.29 is 4.74 Å². The van der Waals surface area contributed by atoms with Crippen LogP contribution in [0.5, 0.6) is 5.75 Å². The van der Waals surface area contributed by atoms with Crippen LogP contribution in [0.1, 0.15) is 17.0 Å². The minimum atomic E-state index is 0.395. The molecule has 0 aliphatic heterocycles. The molecule has 0 radical (unpaired) electrons. The van der Waals surface area contributed by atoms with E-state index < -0.39 is 0 Å². The molecule has 0 saturated carbocycles. The van der Waals surface area contributed by atoms with Gasteiger partial charge in [-0.05, 0) is 24.6 Å². The Morgan fingerprint density at radius 3 is 2.59 bits per heavy atom. The number of aryl methyl sites for hydroxylation is 1. The van der Waals surface area contributed by atoms with Crippen molar-refractivity contribution in [3.05, 3.63) is 59.4 Å². The fraction of sp³-hybridized carbons (Fsp3) is 0.214. The fourth-order valence-corrected chi connectivity index (χ4v) is 1.61. The van der Waals surface area contributed by atoms with Crippen molar-refractivity contribution >= 4 is 0 Å². The molecule has 0 amide bonds. The second-order valence-electron chi connectivity index (χ2n) is 3.88. The Balaban J connectivity index is 2.09. The molecule has 1 aromatic heterocycles. The van der Waals surface area contributed by atoms with Gasteiger partial charge in [0.15, 0.2) is 0 Å². The SMILES string of the molecule is Cc1ccc(OCc2ccccc2)c(CN)n1. The Morgan fingerprint density at radius 1 is 1.12 bits per heavy atom. The normalized spacial score (nSPS) is 10.2. The Hall–Kier alpha value is -1.87. The first-order valence-corrected chi connectivity index (χ1v) is 5.63. The van der Waals surface area contributed by atoms with Gasteiger partial charge in [0.1, 0.15) is 12.4 Å². The summed E-state index contributed by atoms with van der Waals surface area (Å²) in [7, 11) is 0. The zero-order valence-electron chi connectivity index (χ0n) is 9.89. The van der Waals surface area contributed by atoms with E-state index in [0.717, 1.165) is 22.7 Å². The number of pyridine rings is 1. The van der Waals surface area contributed by atoms with Crippen molar-refractivity contribution in [2.24, 2.45) is 5.73 Å². The number of nitrogens with zero attached hydrogens (tertiary/aromatic N) is 1. The van der Waals surface area contributed by atoms with Gasteiger partial charge in [-0.3, -0.25) is 4.98 Å². The second kappa shape index (κ2) is 5.46. The monoisotopic (exact) mass is 228 g/mol. The number of aromatic nitrogens is 1. The van der Waals surface area contributed by atoms with Crippen molar-refractivity contribution in [1.29, 1.82) is 0 Å². The lowest BCUT2D eigenvalue weighted by Gasteiger charge is -2.10. The second-order valence-corrected chi connectivity index (χ2v) is 3.88. The third-order valence-corrected chi connectivity index (χ3v) is 2.50. The average molecular weight is 228 g/mol. The minimum Gasteiger partial charge on any atom is -0.487 e. The average Bonchev–Trinajstić information content (AvgIpc) is 2.38. The molecule has 1 heterocycles. The van der Waals surface area contributed by atoms with Crippen LogP contribution in [0.25, 0.3) is 0 Å². The van der Waals surface area contributed by atoms with Crippen LogP contribution in [-0.2, 0) is 13.2 Å². The van der Waals surface area contributed by atoms with Crippen molar-refractivity contribution in [3.63, 3.8) is 0 Å². The topological polar surface area (TPSA) is 48.1 Å². The predicted molar refractivity (Wildman–Crippen MR) is 67.6 cm³/mol. The number of rotatable bonds is 4. The largest absolute Gasteiger partial charge is 0.487 e. The maximum Gasteiger partial charge on any atom is 0.142 e. The van der Waals surface area contributed by atoms with Crippen LogP contribution < -0.4 is 10.5 Å². The number of ether oxygens (including phenoxy) is 1. The lowest BCUT2D eigenvalue weighted by atomic mass is 10.2. The van der Waals surface area contributed by atoms with Crippen molar-refractivity contribution in [2.45, 2.75) is 20.1 Å². The van der Waals surface area contributed by atoms with Crippen molar-refractivity contribution in [1.82, 2.24) is 4.98 Å². The fourth-order valence-electron chi connectivity index (χ4n) is 1.61. The number of hydrogen-bond donors (Lipinski definition) is 1. The zero-order valence-corrected chi connectivity index (χ0v) is 9.89. The van der Waals surface area contributed by atoms with E-state index in [-0.39, 0.29) is 0 Å². The van der Waals surface area contributed by atoms with E-state index in [0.29, 0.717) is 13.2 Å². The quantitative estimate of drug-likeness (QED) is 0.874. The van der Waals surface area contributed by atoms with Crippen LogP contribution in [0.4, 0.5) is 0 Å². The van der Waals surface area contributed by atoms with Gasteiger partial charge in [-0.2, -0.15) is 0 Å². The molecule has 2 N–H and O–H groups in total. The van der Waals surface area contributed by atoms with Crippen LogP contribution in [0, 0.1) is 6.92 Å². The summed E-state index contributed by atoms with van der Waals surface area (Å²) in [5.74, 6) is 0.766. The van der Waals surface area contributed by atoms with E-state index in [4.69, 9.17) is 10.5 Å². The van der Waals surface area contributed by atoms with Gasteiger partial charge in [-0.1, -0.05) is 30.3 Å². The predicted octanol–water partition coefficient (Wildman–Crippen LogP) is 2.43. The van der Waals surface area contributed by atoms with E-state index >= 15 is 0 Å². The summed E-state index contributed by atoms with van der Waals surface area (Å²) >= 11 is 0. The molecular weight excluding hydrogens is 212 g/mol. The summed E-state index contributed by atoms with van der Waals surface area (Å²) in [5.41, 5.74) is 8.54. The molecule has 0 fully saturated rings. The highest BCUT2D eigenvalue weighted by Crippen LogP contribution is 2.17. The maximum absolute atomic E-state index is 5.73. The lowest BCUT2D eigenvalue weighted by molar-refractivity contribution is 0.301. The van der Waals surface area contributed by atoms with E-state index in [1.807, 2.05) is 49.4 Å². The summed E-state index contributed by atoms with van der Waals surface area (Å²) in [6.07, 6.45) is 0. The molecule has 1 aromatic carbocycles. The molecule has 0 atom stereocenters. The number of hydrogen-bond acceptors (Lipinski definition) is 3. The van der Waals surface area contributed by atoms with E-state index in [9.17, 15) is 0 Å². The Labute approximate surface area is 101 Å². The summed E-state index contributed by atoms with van der Waals surface area (Å²) in [5, 5.41) is 0. The highest BCUT2D eigenvalue weighted by atomic mass is 16.5. The molecule has 88 valence electrons. The summed E-state index contributed by atoms with van der Waals surface area (Å²) < 4.78 is 5.73. The highest BCUT2D eigenvalue weighted by molar-refractivity contribution is 5.29. The molecule has 0 unspecified atom stereocenters. The summed E-state index contributed by atoms with van der Waals surface area (Å²) in [4.78, 5) is 4.35. The molecule has 0 spiro atoms. The molecule has 2 rings (SSSR count). The molecule has 0 aliphatic carbocycles. The first-order chi connectivity index (χ1) is 8.29. The first kappa shape index (κ1) is 11.6. The van der Waals surface area contributed by atoms with Crippen LogP contribution in [0.15, 0.2) is 42.5 Å². The Kier molecular flexibility index (Phi) is 3.73. The van der Waals surface area contributed by atoms with Gasteiger partial charge in [0.2, 0.25) is 0 Å². The molecule has 0 bridgehead atoms. The van der Waals surface area contributed by atoms with Gasteiger partial charge in [-0.25, -0.2) is 0 Å². The first-order valence-electron chi connectivity index (χ1n) is 5.63. The third kappa shape index (κ3) is 3.04. The van der Waals surface area contributed by atoms with Crippen LogP contribution in [0.3, 0.4) is 0 Å². The van der Waals surface area contributed by atoms with Crippen LogP contribution in [0.2, 0.25) is 0 Å². The van der Waals surface area contributed by atoms with Gasteiger partial charge in [0, 0.05) is 12.2 Å². The third-order valence-electron chi connectivity index (χ3n) is 2.50. The number of nitrogens with two attached hydrogens (primary N) is 1. The Morgan fingerprint density at radius 2 is 1.88 bits per heavy atom. The molecule has 2 aromatic rings. The molecular formula is C14H16N2O. The van der Waals surface area contributed by atoms with E-state index in [1.54, 1.807) is 0 Å². The van der Waals surface area contributed by atoms with Gasteiger partial charge in [0.05, 0.1) is 5.69 Å².